The SMILES string of the molecule is Cc1ccc(N(C(=O)c2ccc(F)cc2)C2C=CS(=O)(=O)C2)cc1Cl. The number of carbonyl (C=O) groups excluding carboxylic acids is 1. The Labute approximate surface area is 150 Å². The molecule has 130 valence electrons. The number of carbonyl (C=O) groups is 1. The Kier molecular flexibility index (Phi) is 4.67. The number of rotatable bonds is 3. The maximum Gasteiger partial charge on any atom is 0.258 e. The molecular formula is C18H15ClFNO3S. The molecular weight excluding hydrogens is 365 g/mol. The fraction of sp³-hybridized carbons (Fsp3) is 0.167. The van der Waals surface area contributed by atoms with Crippen LogP contribution in [0.2, 0.25) is 5.02 Å². The average molecular weight is 380 g/mol. The number of hydrogen-bond acceptors (Lipinski definition) is 3. The molecule has 1 heterocycles. The lowest BCUT2D eigenvalue weighted by atomic mass is 10.1. The van der Waals surface area contributed by atoms with Crippen molar-refractivity contribution in [1.29, 1.82) is 0 Å². The van der Waals surface area contributed by atoms with Gasteiger partial charge in [-0.2, -0.15) is 0 Å². The molecule has 1 amide bonds. The van der Waals surface area contributed by atoms with Gasteiger partial charge in [0.05, 0.1) is 11.8 Å². The summed E-state index contributed by atoms with van der Waals surface area (Å²) in [5.74, 6) is -1.08. The third-order valence-corrected chi connectivity index (χ3v) is 5.77. The van der Waals surface area contributed by atoms with Gasteiger partial charge in [0.2, 0.25) is 0 Å². The van der Waals surface area contributed by atoms with Gasteiger partial charge < -0.3 is 4.90 Å². The number of sulfone groups is 1. The topological polar surface area (TPSA) is 54.5 Å². The monoisotopic (exact) mass is 379 g/mol. The van der Waals surface area contributed by atoms with Crippen LogP contribution in [0.25, 0.3) is 0 Å². The Morgan fingerprint density at radius 2 is 1.88 bits per heavy atom. The zero-order valence-electron chi connectivity index (χ0n) is 13.3. The van der Waals surface area contributed by atoms with Gasteiger partial charge in [0.25, 0.3) is 5.91 Å². The van der Waals surface area contributed by atoms with Crippen LogP contribution in [0.1, 0.15) is 15.9 Å². The van der Waals surface area contributed by atoms with Crippen LogP contribution in [0.4, 0.5) is 10.1 Å². The predicted molar refractivity (Wildman–Crippen MR) is 96.1 cm³/mol. The van der Waals surface area contributed by atoms with Crippen molar-refractivity contribution in [2.45, 2.75) is 13.0 Å². The lowest BCUT2D eigenvalue weighted by molar-refractivity contribution is 0.0983. The van der Waals surface area contributed by atoms with E-state index in [9.17, 15) is 17.6 Å². The first kappa shape index (κ1) is 17.6. The van der Waals surface area contributed by atoms with E-state index >= 15 is 0 Å². The largest absolute Gasteiger partial charge is 0.300 e. The Morgan fingerprint density at radius 3 is 2.44 bits per heavy atom. The second kappa shape index (κ2) is 6.61. The van der Waals surface area contributed by atoms with Gasteiger partial charge in [-0.05, 0) is 55.0 Å². The lowest BCUT2D eigenvalue weighted by Crippen LogP contribution is -2.41. The quantitative estimate of drug-likeness (QED) is 0.816. The summed E-state index contributed by atoms with van der Waals surface area (Å²) < 4.78 is 36.7. The molecule has 4 nitrogen and oxygen atoms in total. The molecule has 0 N–H and O–H groups in total. The van der Waals surface area contributed by atoms with Gasteiger partial charge in [0.1, 0.15) is 5.82 Å². The van der Waals surface area contributed by atoms with Gasteiger partial charge in [-0.15, -0.1) is 0 Å². The van der Waals surface area contributed by atoms with E-state index in [4.69, 9.17) is 11.6 Å². The molecule has 25 heavy (non-hydrogen) atoms. The number of anilines is 1. The first-order chi connectivity index (χ1) is 11.8. The third-order valence-electron chi connectivity index (χ3n) is 3.99. The average Bonchev–Trinajstić information content (AvgIpc) is 2.91. The molecule has 2 aromatic rings. The highest BCUT2D eigenvalue weighted by atomic mass is 35.5. The van der Waals surface area contributed by atoms with Crippen LogP contribution in [-0.4, -0.2) is 26.1 Å². The number of nitrogens with zero attached hydrogens (tertiary/aromatic N) is 1. The highest BCUT2D eigenvalue weighted by molar-refractivity contribution is 7.94. The van der Waals surface area contributed by atoms with Crippen LogP contribution >= 0.6 is 11.6 Å². The Bertz CT molecular complexity index is 955. The van der Waals surface area contributed by atoms with Crippen molar-refractivity contribution in [3.8, 4) is 0 Å². The number of aryl methyl sites for hydroxylation is 1. The van der Waals surface area contributed by atoms with Gasteiger partial charge in [0.15, 0.2) is 9.84 Å². The third kappa shape index (κ3) is 3.75. The highest BCUT2D eigenvalue weighted by Crippen LogP contribution is 2.29. The smallest absolute Gasteiger partial charge is 0.258 e. The van der Waals surface area contributed by atoms with Gasteiger partial charge in [-0.1, -0.05) is 17.7 Å². The van der Waals surface area contributed by atoms with Crippen molar-refractivity contribution in [1.82, 2.24) is 0 Å². The minimum Gasteiger partial charge on any atom is -0.300 e. The van der Waals surface area contributed by atoms with Crippen LogP contribution in [0.3, 0.4) is 0 Å². The van der Waals surface area contributed by atoms with Crippen LogP contribution in [0.5, 0.6) is 0 Å². The van der Waals surface area contributed by atoms with E-state index in [0.717, 1.165) is 11.0 Å². The van der Waals surface area contributed by atoms with Crippen molar-refractivity contribution >= 4 is 33.0 Å². The van der Waals surface area contributed by atoms with Crippen LogP contribution in [0.15, 0.2) is 53.9 Å². The van der Waals surface area contributed by atoms with Gasteiger partial charge >= 0.3 is 0 Å². The molecule has 0 saturated carbocycles. The number of amides is 1. The molecule has 1 atom stereocenters. The summed E-state index contributed by atoms with van der Waals surface area (Å²) in [6, 6.07) is 9.56. The molecule has 0 spiro atoms. The molecule has 1 aliphatic rings. The van der Waals surface area contributed by atoms with Crippen molar-refractivity contribution < 1.29 is 17.6 Å². The zero-order chi connectivity index (χ0) is 18.2. The molecule has 0 radical (unpaired) electrons. The first-order valence-electron chi connectivity index (χ1n) is 7.53. The van der Waals surface area contributed by atoms with E-state index in [2.05, 4.69) is 0 Å². The summed E-state index contributed by atoms with van der Waals surface area (Å²) >= 11 is 6.17. The molecule has 1 aliphatic heterocycles. The maximum atomic E-state index is 13.1. The molecule has 0 aliphatic carbocycles. The van der Waals surface area contributed by atoms with E-state index in [1.165, 1.54) is 35.2 Å². The van der Waals surface area contributed by atoms with Crippen molar-refractivity contribution in [2.75, 3.05) is 10.7 Å². The number of benzene rings is 2. The zero-order valence-corrected chi connectivity index (χ0v) is 14.9. The number of hydrogen-bond donors (Lipinski definition) is 0. The first-order valence-corrected chi connectivity index (χ1v) is 9.62. The lowest BCUT2D eigenvalue weighted by Gasteiger charge is -2.28. The Balaban J connectivity index is 2.05. The normalized spacial score (nSPS) is 18.3. The second-order valence-corrected chi connectivity index (χ2v) is 8.18. The summed E-state index contributed by atoms with van der Waals surface area (Å²) in [6.07, 6.45) is 1.48. The predicted octanol–water partition coefficient (Wildman–Crippen LogP) is 3.75. The standard InChI is InChI=1S/C18H15ClFNO3S/c1-12-2-7-15(10-17(12)19)21(16-8-9-25(23,24)11-16)18(22)13-3-5-14(20)6-4-13/h2-10,16H,11H2,1H3. The summed E-state index contributed by atoms with van der Waals surface area (Å²) in [4.78, 5) is 14.4. The molecule has 0 aromatic heterocycles. The second-order valence-electron chi connectivity index (χ2n) is 5.84. The molecule has 3 rings (SSSR count). The van der Waals surface area contributed by atoms with E-state index in [1.807, 2.05) is 6.92 Å². The molecule has 2 aromatic carbocycles. The highest BCUT2D eigenvalue weighted by Gasteiger charge is 2.32. The molecule has 7 heteroatoms. The fourth-order valence-electron chi connectivity index (χ4n) is 2.64. The summed E-state index contributed by atoms with van der Waals surface area (Å²) in [6.45, 7) is 1.83. The summed E-state index contributed by atoms with van der Waals surface area (Å²) in [5, 5.41) is 1.58. The van der Waals surface area contributed by atoms with Crippen LogP contribution < -0.4 is 4.90 Å². The fourth-order valence-corrected chi connectivity index (χ4v) is 4.09. The van der Waals surface area contributed by atoms with Crippen molar-refractivity contribution in [3.05, 3.63) is 75.9 Å². The van der Waals surface area contributed by atoms with E-state index in [-0.39, 0.29) is 11.3 Å². The van der Waals surface area contributed by atoms with E-state index in [1.54, 1.807) is 18.2 Å². The summed E-state index contributed by atoms with van der Waals surface area (Å²) in [7, 11) is -3.36. The Morgan fingerprint density at radius 1 is 1.20 bits per heavy atom. The molecule has 0 fully saturated rings. The van der Waals surface area contributed by atoms with Gasteiger partial charge in [0, 0.05) is 21.7 Å². The molecule has 0 bridgehead atoms. The minimum atomic E-state index is -3.36. The van der Waals surface area contributed by atoms with E-state index in [0.29, 0.717) is 10.7 Å². The van der Waals surface area contributed by atoms with Crippen LogP contribution in [0, 0.1) is 12.7 Å². The van der Waals surface area contributed by atoms with Gasteiger partial charge in [-0.3, -0.25) is 4.79 Å². The van der Waals surface area contributed by atoms with Crippen molar-refractivity contribution in [3.63, 3.8) is 0 Å². The summed E-state index contributed by atoms with van der Waals surface area (Å²) in [5.41, 5.74) is 1.58. The minimum absolute atomic E-state index is 0.203. The maximum absolute atomic E-state index is 13.1. The van der Waals surface area contributed by atoms with Crippen molar-refractivity contribution in [2.24, 2.45) is 0 Å². The van der Waals surface area contributed by atoms with E-state index < -0.39 is 27.6 Å². The Hall–Kier alpha value is -2.18. The number of halogens is 2. The molecule has 1 unspecified atom stereocenters. The van der Waals surface area contributed by atoms with Crippen LogP contribution in [-0.2, 0) is 9.84 Å². The molecule has 0 saturated heterocycles. The van der Waals surface area contributed by atoms with Gasteiger partial charge in [-0.25, -0.2) is 12.8 Å².